The third-order valence-electron chi connectivity index (χ3n) is 3.89. The van der Waals surface area contributed by atoms with Crippen molar-refractivity contribution in [2.75, 3.05) is 13.1 Å². The van der Waals surface area contributed by atoms with Crippen molar-refractivity contribution < 1.29 is 9.59 Å². The Kier molecular flexibility index (Phi) is 7.67. The molecule has 7 heteroatoms. The van der Waals surface area contributed by atoms with Crippen LogP contribution in [-0.4, -0.2) is 44.8 Å². The second kappa shape index (κ2) is 10.2. The number of pyridine rings is 1. The third-order valence-corrected chi connectivity index (χ3v) is 3.89. The zero-order valence-electron chi connectivity index (χ0n) is 15.3. The number of carbonyl (C=O) groups is 2. The summed E-state index contributed by atoms with van der Waals surface area (Å²) in [6.07, 6.45) is 8.56. The van der Waals surface area contributed by atoms with Crippen molar-refractivity contribution in [1.29, 1.82) is 0 Å². The molecule has 0 bridgehead atoms. The van der Waals surface area contributed by atoms with Crippen LogP contribution in [0.2, 0.25) is 0 Å². The smallest absolute Gasteiger partial charge is 0.274 e. The van der Waals surface area contributed by atoms with Crippen molar-refractivity contribution in [1.82, 2.24) is 25.2 Å². The van der Waals surface area contributed by atoms with Gasteiger partial charge in [0.1, 0.15) is 5.69 Å². The summed E-state index contributed by atoms with van der Waals surface area (Å²) < 4.78 is 0. The van der Waals surface area contributed by atoms with Crippen molar-refractivity contribution in [2.45, 2.75) is 39.7 Å². The van der Waals surface area contributed by atoms with Crippen LogP contribution < -0.4 is 5.32 Å². The lowest BCUT2D eigenvalue weighted by molar-refractivity contribution is -0.121. The highest BCUT2D eigenvalue weighted by Gasteiger charge is 2.18. The minimum atomic E-state index is -0.189. The Morgan fingerprint density at radius 1 is 1.15 bits per heavy atom. The van der Waals surface area contributed by atoms with Gasteiger partial charge in [-0.15, -0.1) is 0 Å². The van der Waals surface area contributed by atoms with Crippen molar-refractivity contribution in [3.8, 4) is 0 Å². The van der Waals surface area contributed by atoms with E-state index in [9.17, 15) is 9.59 Å². The van der Waals surface area contributed by atoms with Gasteiger partial charge in [0.05, 0.1) is 11.9 Å². The molecule has 2 aromatic rings. The summed E-state index contributed by atoms with van der Waals surface area (Å²) in [7, 11) is 0. The molecule has 2 amide bonds. The van der Waals surface area contributed by atoms with Crippen LogP contribution in [0.3, 0.4) is 0 Å². The molecule has 0 spiro atoms. The van der Waals surface area contributed by atoms with Crippen LogP contribution in [0.25, 0.3) is 0 Å². The molecule has 0 unspecified atom stereocenters. The standard InChI is InChI=1S/C19H25N5O2/c1-3-4-9-24(19(26)17-14-21-15(2)11-22-17)10-7-18(25)23-13-16-6-5-8-20-12-16/h5-6,8,11-12,14H,3-4,7,9-10,13H2,1-2H3,(H,23,25). The van der Waals surface area contributed by atoms with Crippen LogP contribution in [-0.2, 0) is 11.3 Å². The second-order valence-corrected chi connectivity index (χ2v) is 6.08. The fourth-order valence-corrected chi connectivity index (χ4v) is 2.36. The molecular formula is C19H25N5O2. The van der Waals surface area contributed by atoms with Gasteiger partial charge in [-0.2, -0.15) is 0 Å². The van der Waals surface area contributed by atoms with Crippen molar-refractivity contribution in [3.63, 3.8) is 0 Å². The lowest BCUT2D eigenvalue weighted by Crippen LogP contribution is -2.36. The Morgan fingerprint density at radius 2 is 2.00 bits per heavy atom. The number of hydrogen-bond acceptors (Lipinski definition) is 5. The number of unbranched alkanes of at least 4 members (excludes halogenated alkanes) is 1. The topological polar surface area (TPSA) is 88.1 Å². The van der Waals surface area contributed by atoms with E-state index in [1.165, 1.54) is 6.20 Å². The van der Waals surface area contributed by atoms with Crippen LogP contribution in [0.5, 0.6) is 0 Å². The number of amides is 2. The lowest BCUT2D eigenvalue weighted by Gasteiger charge is -2.22. The van der Waals surface area contributed by atoms with Gasteiger partial charge in [-0.1, -0.05) is 19.4 Å². The first-order valence-electron chi connectivity index (χ1n) is 8.83. The zero-order chi connectivity index (χ0) is 18.8. The summed E-state index contributed by atoms with van der Waals surface area (Å²) >= 11 is 0. The Bertz CT molecular complexity index is 704. The van der Waals surface area contributed by atoms with E-state index >= 15 is 0 Å². The van der Waals surface area contributed by atoms with E-state index in [-0.39, 0.29) is 18.2 Å². The number of nitrogens with zero attached hydrogens (tertiary/aromatic N) is 4. The molecule has 0 aliphatic heterocycles. The molecule has 0 radical (unpaired) electrons. The van der Waals surface area contributed by atoms with Gasteiger partial charge in [0.15, 0.2) is 0 Å². The van der Waals surface area contributed by atoms with Gasteiger partial charge in [-0.05, 0) is 25.0 Å². The molecule has 138 valence electrons. The first-order chi connectivity index (χ1) is 12.6. The van der Waals surface area contributed by atoms with Crippen LogP contribution in [0.4, 0.5) is 0 Å². The van der Waals surface area contributed by atoms with E-state index in [1.807, 2.05) is 19.1 Å². The highest BCUT2D eigenvalue weighted by Crippen LogP contribution is 2.05. The van der Waals surface area contributed by atoms with Crippen molar-refractivity contribution in [2.24, 2.45) is 0 Å². The van der Waals surface area contributed by atoms with Crippen LogP contribution >= 0.6 is 0 Å². The Labute approximate surface area is 153 Å². The zero-order valence-corrected chi connectivity index (χ0v) is 15.3. The van der Waals surface area contributed by atoms with E-state index in [1.54, 1.807) is 23.5 Å². The van der Waals surface area contributed by atoms with E-state index in [4.69, 9.17) is 0 Å². The monoisotopic (exact) mass is 355 g/mol. The van der Waals surface area contributed by atoms with Crippen LogP contribution in [0.15, 0.2) is 36.9 Å². The molecule has 0 aliphatic rings. The average Bonchev–Trinajstić information content (AvgIpc) is 2.67. The minimum Gasteiger partial charge on any atom is -0.352 e. The van der Waals surface area contributed by atoms with E-state index < -0.39 is 0 Å². The molecule has 26 heavy (non-hydrogen) atoms. The first-order valence-corrected chi connectivity index (χ1v) is 8.83. The maximum Gasteiger partial charge on any atom is 0.274 e. The van der Waals surface area contributed by atoms with Crippen molar-refractivity contribution >= 4 is 11.8 Å². The van der Waals surface area contributed by atoms with Gasteiger partial charge in [0, 0.05) is 44.6 Å². The highest BCUT2D eigenvalue weighted by atomic mass is 16.2. The second-order valence-electron chi connectivity index (χ2n) is 6.08. The largest absolute Gasteiger partial charge is 0.352 e. The number of carbonyl (C=O) groups excluding carboxylic acids is 2. The fourth-order valence-electron chi connectivity index (χ4n) is 2.36. The SMILES string of the molecule is CCCCN(CCC(=O)NCc1cccnc1)C(=O)c1cnc(C)cn1. The first kappa shape index (κ1) is 19.5. The molecule has 7 nitrogen and oxygen atoms in total. The molecule has 2 heterocycles. The molecule has 2 aromatic heterocycles. The predicted molar refractivity (Wildman–Crippen MR) is 98.3 cm³/mol. The molecule has 2 rings (SSSR count). The van der Waals surface area contributed by atoms with E-state index in [0.29, 0.717) is 25.3 Å². The summed E-state index contributed by atoms with van der Waals surface area (Å²) in [6, 6.07) is 3.73. The number of hydrogen-bond donors (Lipinski definition) is 1. The number of nitrogens with one attached hydrogen (secondary N) is 1. The Balaban J connectivity index is 1.89. The summed E-state index contributed by atoms with van der Waals surface area (Å²) in [5.41, 5.74) is 2.01. The number of aryl methyl sites for hydroxylation is 1. The summed E-state index contributed by atoms with van der Waals surface area (Å²) in [4.78, 5) is 38.7. The lowest BCUT2D eigenvalue weighted by atomic mass is 10.2. The fraction of sp³-hybridized carbons (Fsp3) is 0.421. The molecule has 1 N–H and O–H groups in total. The summed E-state index contributed by atoms with van der Waals surface area (Å²) in [5.74, 6) is -0.288. The molecule has 0 saturated heterocycles. The predicted octanol–water partition coefficient (Wildman–Crippen LogP) is 2.13. The number of rotatable bonds is 9. The molecule has 0 aromatic carbocycles. The quantitative estimate of drug-likeness (QED) is 0.744. The number of aromatic nitrogens is 3. The normalized spacial score (nSPS) is 10.4. The molecule has 0 aliphatic carbocycles. The van der Waals surface area contributed by atoms with Gasteiger partial charge >= 0.3 is 0 Å². The Hall–Kier alpha value is -2.83. The summed E-state index contributed by atoms with van der Waals surface area (Å²) in [5, 5.41) is 2.85. The maximum atomic E-state index is 12.6. The molecule has 0 saturated carbocycles. The Morgan fingerprint density at radius 3 is 2.65 bits per heavy atom. The molecule has 0 fully saturated rings. The molecular weight excluding hydrogens is 330 g/mol. The average molecular weight is 355 g/mol. The van der Waals surface area contributed by atoms with Gasteiger partial charge < -0.3 is 10.2 Å². The van der Waals surface area contributed by atoms with Gasteiger partial charge in [0.2, 0.25) is 5.91 Å². The van der Waals surface area contributed by atoms with Crippen molar-refractivity contribution in [3.05, 3.63) is 53.9 Å². The van der Waals surface area contributed by atoms with E-state index in [0.717, 1.165) is 24.1 Å². The third kappa shape index (κ3) is 6.23. The summed E-state index contributed by atoms with van der Waals surface area (Å²) in [6.45, 7) is 5.27. The van der Waals surface area contributed by atoms with Gasteiger partial charge in [-0.25, -0.2) is 4.98 Å². The van der Waals surface area contributed by atoms with Gasteiger partial charge in [-0.3, -0.25) is 19.6 Å². The van der Waals surface area contributed by atoms with Crippen LogP contribution in [0.1, 0.15) is 47.9 Å². The molecule has 0 atom stereocenters. The van der Waals surface area contributed by atoms with Crippen LogP contribution in [0, 0.1) is 6.92 Å². The minimum absolute atomic E-state index is 0.0989. The maximum absolute atomic E-state index is 12.6. The highest BCUT2D eigenvalue weighted by molar-refractivity contribution is 5.92. The van der Waals surface area contributed by atoms with Gasteiger partial charge in [0.25, 0.3) is 5.91 Å². The van der Waals surface area contributed by atoms with E-state index in [2.05, 4.69) is 27.2 Å².